The predicted molar refractivity (Wildman–Crippen MR) is 65.0 cm³/mol. The van der Waals surface area contributed by atoms with Crippen molar-refractivity contribution in [2.24, 2.45) is 0 Å². The Morgan fingerprint density at radius 1 is 1.50 bits per heavy atom. The Balaban J connectivity index is 2.43. The van der Waals surface area contributed by atoms with Crippen LogP contribution in [-0.2, 0) is 6.54 Å². The summed E-state index contributed by atoms with van der Waals surface area (Å²) >= 11 is 0. The van der Waals surface area contributed by atoms with E-state index in [4.69, 9.17) is 5.11 Å². The highest BCUT2D eigenvalue weighted by atomic mass is 19.3. The van der Waals surface area contributed by atoms with Crippen LogP contribution in [0.4, 0.5) is 8.78 Å². The van der Waals surface area contributed by atoms with E-state index in [0.29, 0.717) is 10.3 Å². The Hall–Kier alpha value is -2.51. The molecule has 2 rings (SSSR count). The smallest absolute Gasteiger partial charge is 0.341 e. The first-order valence-electron chi connectivity index (χ1n) is 5.64. The molecule has 0 radical (unpaired) electrons. The maximum Gasteiger partial charge on any atom is 0.341 e. The van der Waals surface area contributed by atoms with Gasteiger partial charge >= 0.3 is 12.5 Å². The molecule has 0 unspecified atom stereocenters. The highest BCUT2D eigenvalue weighted by molar-refractivity contribution is 5.87. The number of carboxylic acids is 1. The third-order valence-electron chi connectivity index (χ3n) is 2.84. The number of halogens is 2. The van der Waals surface area contributed by atoms with Crippen LogP contribution in [0.3, 0.4) is 0 Å². The molecule has 106 valence electrons. The van der Waals surface area contributed by atoms with E-state index < -0.39 is 23.5 Å². The molecular weight excluding hydrogens is 272 g/mol. The van der Waals surface area contributed by atoms with Crippen molar-refractivity contribution in [1.82, 2.24) is 14.1 Å². The SMILES string of the molecule is Cc1cc(=O)c(C(=O)O)cn1Cc1nccn1C(F)F. The largest absolute Gasteiger partial charge is 0.477 e. The molecule has 0 spiro atoms. The number of hydrogen-bond donors (Lipinski definition) is 1. The first kappa shape index (κ1) is 13.9. The quantitative estimate of drug-likeness (QED) is 0.922. The normalized spacial score (nSPS) is 11.0. The van der Waals surface area contributed by atoms with E-state index in [9.17, 15) is 18.4 Å². The third kappa shape index (κ3) is 2.58. The monoisotopic (exact) mass is 283 g/mol. The fourth-order valence-corrected chi connectivity index (χ4v) is 1.80. The van der Waals surface area contributed by atoms with Gasteiger partial charge in [0.15, 0.2) is 5.43 Å². The number of hydrogen-bond acceptors (Lipinski definition) is 3. The Kier molecular flexibility index (Phi) is 3.64. The fourth-order valence-electron chi connectivity index (χ4n) is 1.80. The molecule has 2 aromatic rings. The molecule has 0 bridgehead atoms. The minimum atomic E-state index is -2.73. The number of aromatic carboxylic acids is 1. The van der Waals surface area contributed by atoms with E-state index in [-0.39, 0.29) is 12.4 Å². The lowest BCUT2D eigenvalue weighted by atomic mass is 10.2. The second-order valence-corrected chi connectivity index (χ2v) is 4.15. The lowest BCUT2D eigenvalue weighted by molar-refractivity contribution is 0.0662. The Morgan fingerprint density at radius 3 is 2.80 bits per heavy atom. The number of aromatic nitrogens is 3. The van der Waals surface area contributed by atoms with Crippen LogP contribution in [0.1, 0.15) is 28.4 Å². The molecule has 8 heteroatoms. The summed E-state index contributed by atoms with van der Waals surface area (Å²) in [6.07, 6.45) is 3.50. The van der Waals surface area contributed by atoms with Crippen molar-refractivity contribution in [3.8, 4) is 0 Å². The topological polar surface area (TPSA) is 77.1 Å². The summed E-state index contributed by atoms with van der Waals surface area (Å²) in [4.78, 5) is 26.2. The first-order chi connectivity index (χ1) is 9.40. The van der Waals surface area contributed by atoms with Gasteiger partial charge in [0.05, 0.1) is 6.54 Å². The summed E-state index contributed by atoms with van der Waals surface area (Å²) in [6, 6.07) is 1.15. The van der Waals surface area contributed by atoms with Crippen LogP contribution < -0.4 is 5.43 Å². The molecule has 0 aliphatic rings. The lowest BCUT2D eigenvalue weighted by Crippen LogP contribution is -2.20. The predicted octanol–water partition coefficient (Wildman–Crippen LogP) is 1.49. The molecule has 2 heterocycles. The summed E-state index contributed by atoms with van der Waals surface area (Å²) in [7, 11) is 0. The zero-order valence-corrected chi connectivity index (χ0v) is 10.5. The van der Waals surface area contributed by atoms with Gasteiger partial charge in [-0.1, -0.05) is 0 Å². The summed E-state index contributed by atoms with van der Waals surface area (Å²) in [5.41, 5.74) is -0.571. The van der Waals surface area contributed by atoms with Gasteiger partial charge in [0.2, 0.25) is 0 Å². The number of rotatable bonds is 4. The standard InChI is InChI=1S/C12H11F2N3O3/c1-7-4-9(18)8(11(19)20)5-16(7)6-10-15-2-3-17(10)12(13)14/h2-5,12H,6H2,1H3,(H,19,20). The first-order valence-corrected chi connectivity index (χ1v) is 5.64. The van der Waals surface area contributed by atoms with Gasteiger partial charge in [-0.2, -0.15) is 8.78 Å². The molecule has 6 nitrogen and oxygen atoms in total. The second-order valence-electron chi connectivity index (χ2n) is 4.15. The van der Waals surface area contributed by atoms with E-state index in [0.717, 1.165) is 18.5 Å². The van der Waals surface area contributed by atoms with E-state index in [1.165, 1.54) is 10.8 Å². The van der Waals surface area contributed by atoms with Crippen LogP contribution in [-0.4, -0.2) is 25.2 Å². The second kappa shape index (κ2) is 5.24. The highest BCUT2D eigenvalue weighted by Gasteiger charge is 2.14. The molecular formula is C12H11F2N3O3. The number of imidazole rings is 1. The molecule has 0 aromatic carbocycles. The van der Waals surface area contributed by atoms with Crippen LogP contribution in [0, 0.1) is 6.92 Å². The number of alkyl halides is 2. The summed E-state index contributed by atoms with van der Waals surface area (Å²) in [6.45, 7) is -1.20. The van der Waals surface area contributed by atoms with Gasteiger partial charge < -0.3 is 9.67 Å². The molecule has 0 fully saturated rings. The fraction of sp³-hybridized carbons (Fsp3) is 0.250. The molecule has 0 aliphatic carbocycles. The van der Waals surface area contributed by atoms with E-state index in [2.05, 4.69) is 4.98 Å². The van der Waals surface area contributed by atoms with E-state index >= 15 is 0 Å². The average molecular weight is 283 g/mol. The van der Waals surface area contributed by atoms with Crippen molar-refractivity contribution in [2.45, 2.75) is 20.0 Å². The van der Waals surface area contributed by atoms with E-state index in [1.54, 1.807) is 6.92 Å². The summed E-state index contributed by atoms with van der Waals surface area (Å²) in [5, 5.41) is 8.90. The van der Waals surface area contributed by atoms with E-state index in [1.807, 2.05) is 0 Å². The van der Waals surface area contributed by atoms with Gasteiger partial charge in [-0.25, -0.2) is 9.78 Å². The zero-order chi connectivity index (χ0) is 14.9. The Bertz CT molecular complexity index is 706. The Labute approximate surface area is 111 Å². The molecule has 0 saturated carbocycles. The number of carbonyl (C=O) groups is 1. The maximum atomic E-state index is 12.7. The van der Waals surface area contributed by atoms with Gasteiger partial charge in [0.25, 0.3) is 0 Å². The lowest BCUT2D eigenvalue weighted by Gasteiger charge is -2.12. The van der Waals surface area contributed by atoms with Crippen LogP contribution in [0.5, 0.6) is 0 Å². The summed E-state index contributed by atoms with van der Waals surface area (Å²) in [5.74, 6) is -1.29. The Morgan fingerprint density at radius 2 is 2.20 bits per heavy atom. The number of nitrogens with zero attached hydrogens (tertiary/aromatic N) is 3. The maximum absolute atomic E-state index is 12.7. The van der Waals surface area contributed by atoms with Gasteiger partial charge in [-0.15, -0.1) is 0 Å². The molecule has 0 aliphatic heterocycles. The van der Waals surface area contributed by atoms with Crippen LogP contribution >= 0.6 is 0 Å². The molecule has 1 N–H and O–H groups in total. The van der Waals surface area contributed by atoms with Gasteiger partial charge in [-0.3, -0.25) is 9.36 Å². The summed E-state index contributed by atoms with van der Waals surface area (Å²) < 4.78 is 27.5. The van der Waals surface area contributed by atoms with Gasteiger partial charge in [0.1, 0.15) is 11.4 Å². The van der Waals surface area contributed by atoms with Gasteiger partial charge in [-0.05, 0) is 6.92 Å². The van der Waals surface area contributed by atoms with Crippen molar-refractivity contribution in [3.05, 3.63) is 52.0 Å². The minimum Gasteiger partial charge on any atom is -0.477 e. The molecule has 0 amide bonds. The van der Waals surface area contributed by atoms with Crippen LogP contribution in [0.15, 0.2) is 29.5 Å². The molecule has 20 heavy (non-hydrogen) atoms. The highest BCUT2D eigenvalue weighted by Crippen LogP contribution is 2.14. The molecule has 0 atom stereocenters. The van der Waals surface area contributed by atoms with Crippen LogP contribution in [0.2, 0.25) is 0 Å². The van der Waals surface area contributed by atoms with Crippen molar-refractivity contribution < 1.29 is 18.7 Å². The number of pyridine rings is 1. The minimum absolute atomic E-state index is 0.0519. The average Bonchev–Trinajstić information content (AvgIpc) is 2.80. The van der Waals surface area contributed by atoms with Crippen LogP contribution in [0.25, 0.3) is 0 Å². The van der Waals surface area contributed by atoms with Crippen molar-refractivity contribution in [1.29, 1.82) is 0 Å². The number of carboxylic acid groups (broad SMARTS) is 1. The molecule has 2 aromatic heterocycles. The third-order valence-corrected chi connectivity index (χ3v) is 2.84. The zero-order valence-electron chi connectivity index (χ0n) is 10.5. The molecule has 0 saturated heterocycles. The van der Waals surface area contributed by atoms with Crippen molar-refractivity contribution in [2.75, 3.05) is 0 Å². The van der Waals surface area contributed by atoms with Gasteiger partial charge in [0, 0.05) is 30.4 Å². The van der Waals surface area contributed by atoms with Crippen molar-refractivity contribution in [3.63, 3.8) is 0 Å². The number of aryl methyl sites for hydroxylation is 1. The van der Waals surface area contributed by atoms with Crippen molar-refractivity contribution >= 4 is 5.97 Å².